The highest BCUT2D eigenvalue weighted by Gasteiger charge is 2.05. The van der Waals surface area contributed by atoms with Crippen molar-refractivity contribution in [1.29, 1.82) is 0 Å². The van der Waals surface area contributed by atoms with Gasteiger partial charge in [0.1, 0.15) is 0 Å². The van der Waals surface area contributed by atoms with Crippen LogP contribution >= 0.6 is 0 Å². The Hall–Kier alpha value is -2.10. The largest absolute Gasteiger partial charge is 0.370 e. The van der Waals surface area contributed by atoms with Crippen LogP contribution in [0.3, 0.4) is 0 Å². The van der Waals surface area contributed by atoms with Gasteiger partial charge < -0.3 is 9.47 Å². The molecule has 0 N–H and O–H groups in total. The lowest BCUT2D eigenvalue weighted by atomic mass is 10.3. The zero-order valence-electron chi connectivity index (χ0n) is 11.4. The fourth-order valence-electron chi connectivity index (χ4n) is 1.96. The van der Waals surface area contributed by atoms with E-state index >= 15 is 0 Å². The van der Waals surface area contributed by atoms with E-state index in [-0.39, 0.29) is 0 Å². The van der Waals surface area contributed by atoms with Crippen molar-refractivity contribution in [3.63, 3.8) is 0 Å². The molecular formula is C15H20N4. The van der Waals surface area contributed by atoms with Crippen LogP contribution in [-0.4, -0.2) is 26.0 Å². The number of aryl methyl sites for hydroxylation is 1. The Morgan fingerprint density at radius 2 is 2.26 bits per heavy atom. The van der Waals surface area contributed by atoms with Crippen molar-refractivity contribution in [2.75, 3.05) is 6.54 Å². The van der Waals surface area contributed by atoms with Crippen LogP contribution in [0.4, 0.5) is 0 Å². The third kappa shape index (κ3) is 4.25. The Morgan fingerprint density at radius 1 is 1.37 bits per heavy atom. The number of hydrogen-bond donors (Lipinski definition) is 0. The summed E-state index contributed by atoms with van der Waals surface area (Å²) in [6.07, 6.45) is 8.55. The van der Waals surface area contributed by atoms with Crippen molar-refractivity contribution in [2.45, 2.75) is 26.4 Å². The fraction of sp³-hybridized carbons (Fsp3) is 0.333. The minimum absolute atomic E-state index is 0.820. The second-order valence-electron chi connectivity index (χ2n) is 4.63. The Morgan fingerprint density at radius 3 is 2.89 bits per heavy atom. The van der Waals surface area contributed by atoms with Crippen molar-refractivity contribution >= 4 is 0 Å². The summed E-state index contributed by atoms with van der Waals surface area (Å²) in [6, 6.07) is 6.00. The van der Waals surface area contributed by atoms with Crippen molar-refractivity contribution < 1.29 is 0 Å². The number of allylic oxidation sites excluding steroid dienone is 1. The molecule has 0 bridgehead atoms. The highest BCUT2D eigenvalue weighted by atomic mass is 15.1. The molecule has 0 saturated carbocycles. The average molecular weight is 256 g/mol. The number of nitrogens with zero attached hydrogens (tertiary/aromatic N) is 4. The normalized spacial score (nSPS) is 10.4. The first-order valence-electron chi connectivity index (χ1n) is 6.52. The van der Waals surface area contributed by atoms with Crippen LogP contribution < -0.4 is 0 Å². The Bertz CT molecular complexity index is 490. The highest BCUT2D eigenvalue weighted by molar-refractivity contribution is 5.05. The summed E-state index contributed by atoms with van der Waals surface area (Å²) < 4.78 is 2.09. The lowest BCUT2D eigenvalue weighted by Gasteiger charge is -2.24. The average Bonchev–Trinajstić information content (AvgIpc) is 2.92. The van der Waals surface area contributed by atoms with Gasteiger partial charge in [0, 0.05) is 37.4 Å². The van der Waals surface area contributed by atoms with Crippen molar-refractivity contribution in [3.05, 3.63) is 61.1 Å². The summed E-state index contributed by atoms with van der Waals surface area (Å²) >= 11 is 0. The van der Waals surface area contributed by atoms with Gasteiger partial charge in [0.15, 0.2) is 0 Å². The predicted molar refractivity (Wildman–Crippen MR) is 76.3 cm³/mol. The first kappa shape index (κ1) is 13.3. The Kier molecular flexibility index (Phi) is 4.72. The Labute approximate surface area is 114 Å². The van der Waals surface area contributed by atoms with Crippen molar-refractivity contribution in [1.82, 2.24) is 19.4 Å². The van der Waals surface area contributed by atoms with Crippen LogP contribution in [0.1, 0.15) is 19.0 Å². The van der Waals surface area contributed by atoms with E-state index in [0.717, 1.165) is 37.4 Å². The molecule has 0 aliphatic carbocycles. The van der Waals surface area contributed by atoms with E-state index in [9.17, 15) is 0 Å². The van der Waals surface area contributed by atoms with E-state index in [1.165, 1.54) is 0 Å². The van der Waals surface area contributed by atoms with E-state index in [1.807, 2.05) is 50.0 Å². The maximum absolute atomic E-state index is 4.36. The number of hydrogen-bond acceptors (Lipinski definition) is 3. The first-order valence-corrected chi connectivity index (χ1v) is 6.52. The second-order valence-corrected chi connectivity index (χ2v) is 4.63. The van der Waals surface area contributed by atoms with E-state index < -0.39 is 0 Å². The van der Waals surface area contributed by atoms with E-state index in [0.29, 0.717) is 0 Å². The number of aromatic nitrogens is 3. The molecule has 0 atom stereocenters. The van der Waals surface area contributed by atoms with Crippen molar-refractivity contribution in [2.24, 2.45) is 0 Å². The van der Waals surface area contributed by atoms with Gasteiger partial charge in [0.25, 0.3) is 0 Å². The maximum atomic E-state index is 4.36. The summed E-state index contributed by atoms with van der Waals surface area (Å²) in [5.41, 5.74) is 2.16. The standard InChI is InChI=1S/C15H20N4/c1-14(2)19(12-15-6-3-4-7-17-15)10-5-9-18-11-8-16-13-18/h3-4,6-8,11,13H,1,5,9-10,12H2,2H3. The summed E-state index contributed by atoms with van der Waals surface area (Å²) in [6.45, 7) is 8.86. The minimum Gasteiger partial charge on any atom is -0.370 e. The van der Waals surface area contributed by atoms with Gasteiger partial charge in [-0.05, 0) is 25.5 Å². The summed E-state index contributed by atoms with van der Waals surface area (Å²) in [4.78, 5) is 10.7. The smallest absolute Gasteiger partial charge is 0.0945 e. The van der Waals surface area contributed by atoms with Gasteiger partial charge in [-0.2, -0.15) is 0 Å². The SMILES string of the molecule is C=C(C)N(CCCn1ccnc1)Cc1ccccn1. The second kappa shape index (κ2) is 6.73. The molecule has 0 spiro atoms. The van der Waals surface area contributed by atoms with Gasteiger partial charge in [0.05, 0.1) is 18.6 Å². The molecule has 0 radical (unpaired) electrons. The molecule has 4 heteroatoms. The molecule has 0 aliphatic rings. The molecule has 4 nitrogen and oxygen atoms in total. The topological polar surface area (TPSA) is 34.0 Å². The molecule has 0 saturated heterocycles. The molecule has 2 rings (SSSR count). The number of pyridine rings is 1. The third-order valence-electron chi connectivity index (χ3n) is 3.02. The number of rotatable bonds is 7. The van der Waals surface area contributed by atoms with Gasteiger partial charge >= 0.3 is 0 Å². The van der Waals surface area contributed by atoms with E-state index in [4.69, 9.17) is 0 Å². The highest BCUT2D eigenvalue weighted by Crippen LogP contribution is 2.08. The van der Waals surface area contributed by atoms with Crippen LogP contribution in [0.15, 0.2) is 55.4 Å². The zero-order chi connectivity index (χ0) is 13.5. The lowest BCUT2D eigenvalue weighted by Crippen LogP contribution is -2.23. The molecule has 2 heterocycles. The molecule has 0 aliphatic heterocycles. The van der Waals surface area contributed by atoms with Crippen LogP contribution in [-0.2, 0) is 13.1 Å². The molecule has 0 aromatic carbocycles. The van der Waals surface area contributed by atoms with Crippen molar-refractivity contribution in [3.8, 4) is 0 Å². The van der Waals surface area contributed by atoms with Crippen LogP contribution in [0.2, 0.25) is 0 Å². The number of imidazole rings is 1. The fourth-order valence-corrected chi connectivity index (χ4v) is 1.96. The summed E-state index contributed by atoms with van der Waals surface area (Å²) in [5.74, 6) is 0. The molecule has 2 aromatic rings. The molecular weight excluding hydrogens is 236 g/mol. The van der Waals surface area contributed by atoms with E-state index in [2.05, 4.69) is 26.0 Å². The molecule has 19 heavy (non-hydrogen) atoms. The van der Waals surface area contributed by atoms with Gasteiger partial charge in [-0.15, -0.1) is 0 Å². The maximum Gasteiger partial charge on any atom is 0.0945 e. The lowest BCUT2D eigenvalue weighted by molar-refractivity contribution is 0.321. The first-order chi connectivity index (χ1) is 9.25. The molecule has 100 valence electrons. The summed E-state index contributed by atoms with van der Waals surface area (Å²) in [7, 11) is 0. The minimum atomic E-state index is 0.820. The molecule has 0 fully saturated rings. The third-order valence-corrected chi connectivity index (χ3v) is 3.02. The Balaban J connectivity index is 1.84. The van der Waals surface area contributed by atoms with Crippen LogP contribution in [0.25, 0.3) is 0 Å². The van der Waals surface area contributed by atoms with E-state index in [1.54, 1.807) is 0 Å². The molecule has 0 unspecified atom stereocenters. The molecule has 2 aromatic heterocycles. The van der Waals surface area contributed by atoms with Gasteiger partial charge in [-0.3, -0.25) is 4.98 Å². The predicted octanol–water partition coefficient (Wildman–Crippen LogP) is 2.70. The van der Waals surface area contributed by atoms with Crippen LogP contribution in [0.5, 0.6) is 0 Å². The van der Waals surface area contributed by atoms with Crippen LogP contribution in [0, 0.1) is 0 Å². The molecule has 0 amide bonds. The zero-order valence-corrected chi connectivity index (χ0v) is 11.4. The van der Waals surface area contributed by atoms with Gasteiger partial charge in [-0.25, -0.2) is 4.98 Å². The monoisotopic (exact) mass is 256 g/mol. The summed E-state index contributed by atoms with van der Waals surface area (Å²) in [5, 5.41) is 0. The van der Waals surface area contributed by atoms with Gasteiger partial charge in [-0.1, -0.05) is 12.6 Å². The van der Waals surface area contributed by atoms with Gasteiger partial charge in [0.2, 0.25) is 0 Å². The quantitative estimate of drug-likeness (QED) is 0.764.